The summed E-state index contributed by atoms with van der Waals surface area (Å²) in [5.41, 5.74) is 2.09. The fourth-order valence-corrected chi connectivity index (χ4v) is 4.12. The lowest BCUT2D eigenvalue weighted by Gasteiger charge is -2.38. The second-order valence-corrected chi connectivity index (χ2v) is 7.40. The molecular weight excluding hydrogens is 362 g/mol. The van der Waals surface area contributed by atoms with Gasteiger partial charge in [-0.2, -0.15) is 0 Å². The van der Waals surface area contributed by atoms with Crippen molar-refractivity contribution in [3.8, 4) is 23.0 Å². The highest BCUT2D eigenvalue weighted by molar-refractivity contribution is 5.95. The van der Waals surface area contributed by atoms with E-state index in [2.05, 4.69) is 0 Å². The van der Waals surface area contributed by atoms with Gasteiger partial charge in [-0.3, -0.25) is 4.79 Å². The monoisotopic (exact) mass is 385 g/mol. The van der Waals surface area contributed by atoms with Crippen LogP contribution in [0, 0.1) is 0 Å². The first-order valence-corrected chi connectivity index (χ1v) is 9.24. The van der Waals surface area contributed by atoms with E-state index in [9.17, 15) is 20.1 Å². The SMILES string of the molecule is COc1cc(C(=O)N2CCC3(CC2)COc2ccc(CO)cc23)cc(O)c1O. The Hall–Kier alpha value is -2.93. The van der Waals surface area contributed by atoms with Gasteiger partial charge in [-0.15, -0.1) is 0 Å². The number of rotatable bonds is 3. The second-order valence-electron chi connectivity index (χ2n) is 7.40. The lowest BCUT2D eigenvalue weighted by Crippen LogP contribution is -2.46. The first-order chi connectivity index (χ1) is 13.5. The van der Waals surface area contributed by atoms with Crippen LogP contribution in [0.5, 0.6) is 23.0 Å². The Morgan fingerprint density at radius 1 is 1.21 bits per heavy atom. The van der Waals surface area contributed by atoms with E-state index in [-0.39, 0.29) is 40.7 Å². The molecule has 2 heterocycles. The van der Waals surface area contributed by atoms with Crippen LogP contribution in [0.2, 0.25) is 0 Å². The van der Waals surface area contributed by atoms with Gasteiger partial charge in [-0.1, -0.05) is 6.07 Å². The van der Waals surface area contributed by atoms with E-state index in [1.54, 1.807) is 4.90 Å². The third-order valence-corrected chi connectivity index (χ3v) is 5.83. The van der Waals surface area contributed by atoms with Crippen LogP contribution in [-0.2, 0) is 12.0 Å². The number of nitrogens with zero attached hydrogens (tertiary/aromatic N) is 1. The minimum absolute atomic E-state index is 0.0137. The van der Waals surface area contributed by atoms with Gasteiger partial charge in [0.05, 0.1) is 20.3 Å². The number of hydrogen-bond acceptors (Lipinski definition) is 6. The molecule has 2 aromatic carbocycles. The van der Waals surface area contributed by atoms with E-state index >= 15 is 0 Å². The van der Waals surface area contributed by atoms with Crippen LogP contribution >= 0.6 is 0 Å². The van der Waals surface area contributed by atoms with Crippen molar-refractivity contribution < 1.29 is 29.6 Å². The van der Waals surface area contributed by atoms with E-state index in [0.29, 0.717) is 19.7 Å². The Balaban J connectivity index is 1.53. The van der Waals surface area contributed by atoms with Crippen molar-refractivity contribution in [3.05, 3.63) is 47.0 Å². The van der Waals surface area contributed by atoms with Crippen molar-refractivity contribution in [1.29, 1.82) is 0 Å². The van der Waals surface area contributed by atoms with E-state index in [4.69, 9.17) is 9.47 Å². The van der Waals surface area contributed by atoms with Crippen molar-refractivity contribution >= 4 is 5.91 Å². The number of phenolic OH excluding ortho intramolecular Hbond substituents is 2. The first kappa shape index (κ1) is 18.4. The predicted molar refractivity (Wildman–Crippen MR) is 101 cm³/mol. The zero-order valence-electron chi connectivity index (χ0n) is 15.6. The number of aromatic hydroxyl groups is 2. The quantitative estimate of drug-likeness (QED) is 0.701. The molecule has 2 aliphatic rings. The average Bonchev–Trinajstić information content (AvgIpc) is 3.07. The summed E-state index contributed by atoms with van der Waals surface area (Å²) in [6, 6.07) is 8.46. The zero-order valence-corrected chi connectivity index (χ0v) is 15.6. The van der Waals surface area contributed by atoms with Gasteiger partial charge in [0, 0.05) is 29.6 Å². The second kappa shape index (κ2) is 6.91. The summed E-state index contributed by atoms with van der Waals surface area (Å²) in [5, 5.41) is 29.0. The number of methoxy groups -OCH3 is 1. The first-order valence-electron chi connectivity index (χ1n) is 9.24. The fraction of sp³-hybridized carbons (Fsp3) is 0.381. The molecule has 2 aliphatic heterocycles. The van der Waals surface area contributed by atoms with Crippen LogP contribution in [0.3, 0.4) is 0 Å². The number of phenols is 2. The maximum absolute atomic E-state index is 12.9. The number of hydrogen-bond donors (Lipinski definition) is 3. The molecule has 0 unspecified atom stereocenters. The van der Waals surface area contributed by atoms with Gasteiger partial charge < -0.3 is 29.7 Å². The van der Waals surface area contributed by atoms with Gasteiger partial charge >= 0.3 is 0 Å². The van der Waals surface area contributed by atoms with Crippen LogP contribution in [0.4, 0.5) is 0 Å². The van der Waals surface area contributed by atoms with Gasteiger partial charge in [0.25, 0.3) is 5.91 Å². The molecule has 1 spiro atoms. The molecule has 0 radical (unpaired) electrons. The number of aliphatic hydroxyl groups excluding tert-OH is 1. The molecular formula is C21H23NO6. The number of aliphatic hydroxyl groups is 1. The van der Waals surface area contributed by atoms with Crippen molar-refractivity contribution in [2.75, 3.05) is 26.8 Å². The summed E-state index contributed by atoms with van der Waals surface area (Å²) in [7, 11) is 1.37. The summed E-state index contributed by atoms with van der Waals surface area (Å²) < 4.78 is 10.9. The molecule has 1 saturated heterocycles. The Morgan fingerprint density at radius 3 is 2.64 bits per heavy atom. The highest BCUT2D eigenvalue weighted by atomic mass is 16.5. The molecule has 28 heavy (non-hydrogen) atoms. The van der Waals surface area contributed by atoms with Crippen LogP contribution < -0.4 is 9.47 Å². The highest BCUT2D eigenvalue weighted by Crippen LogP contribution is 2.46. The van der Waals surface area contributed by atoms with Crippen LogP contribution in [-0.4, -0.2) is 52.9 Å². The standard InChI is InChI=1S/C21H23NO6/c1-27-18-10-14(9-16(24)19(18)25)20(26)22-6-4-21(5-7-22)12-28-17-3-2-13(11-23)8-15(17)21/h2-3,8-10,23-25H,4-7,11-12H2,1H3. The van der Waals surface area contributed by atoms with Crippen molar-refractivity contribution in [3.63, 3.8) is 0 Å². The summed E-state index contributed by atoms with van der Waals surface area (Å²) in [6.45, 7) is 1.66. The van der Waals surface area contributed by atoms with Gasteiger partial charge in [-0.25, -0.2) is 0 Å². The number of benzene rings is 2. The molecule has 7 heteroatoms. The molecule has 0 aliphatic carbocycles. The minimum atomic E-state index is -0.383. The van der Waals surface area contributed by atoms with Crippen molar-refractivity contribution in [1.82, 2.24) is 4.90 Å². The molecule has 3 N–H and O–H groups in total. The summed E-state index contributed by atoms with van der Waals surface area (Å²) in [4.78, 5) is 14.6. The minimum Gasteiger partial charge on any atom is -0.504 e. The maximum Gasteiger partial charge on any atom is 0.254 e. The molecule has 0 bridgehead atoms. The van der Waals surface area contributed by atoms with E-state index in [0.717, 1.165) is 29.7 Å². The Bertz CT molecular complexity index is 917. The third-order valence-electron chi connectivity index (χ3n) is 5.83. The number of ether oxygens (including phenoxy) is 2. The van der Waals surface area contributed by atoms with Gasteiger partial charge in [0.15, 0.2) is 11.5 Å². The number of piperidine rings is 1. The number of amides is 1. The highest BCUT2D eigenvalue weighted by Gasteiger charge is 2.44. The molecule has 0 aromatic heterocycles. The third kappa shape index (κ3) is 2.92. The van der Waals surface area contributed by atoms with Crippen molar-refractivity contribution in [2.24, 2.45) is 0 Å². The predicted octanol–water partition coefficient (Wildman–Crippen LogP) is 2.17. The largest absolute Gasteiger partial charge is 0.504 e. The topological polar surface area (TPSA) is 99.5 Å². The summed E-state index contributed by atoms with van der Waals surface area (Å²) in [6.07, 6.45) is 1.50. The zero-order chi connectivity index (χ0) is 19.9. The Labute approximate surface area is 162 Å². The smallest absolute Gasteiger partial charge is 0.254 e. The van der Waals surface area contributed by atoms with Crippen LogP contribution in [0.25, 0.3) is 0 Å². The van der Waals surface area contributed by atoms with E-state index < -0.39 is 0 Å². The number of carbonyl (C=O) groups is 1. The van der Waals surface area contributed by atoms with E-state index in [1.807, 2.05) is 18.2 Å². The number of fused-ring (bicyclic) bond motifs is 2. The molecule has 2 aromatic rings. The normalized spacial score (nSPS) is 17.3. The average molecular weight is 385 g/mol. The van der Waals surface area contributed by atoms with Gasteiger partial charge in [-0.05, 0) is 42.7 Å². The van der Waals surface area contributed by atoms with E-state index in [1.165, 1.54) is 19.2 Å². The molecule has 4 rings (SSSR count). The van der Waals surface area contributed by atoms with Crippen LogP contribution in [0.15, 0.2) is 30.3 Å². The summed E-state index contributed by atoms with van der Waals surface area (Å²) >= 11 is 0. The fourth-order valence-electron chi connectivity index (χ4n) is 4.12. The summed E-state index contributed by atoms with van der Waals surface area (Å²) in [5.74, 6) is -0.0646. The van der Waals surface area contributed by atoms with Crippen molar-refractivity contribution in [2.45, 2.75) is 24.9 Å². The molecule has 7 nitrogen and oxygen atoms in total. The molecule has 0 saturated carbocycles. The molecule has 148 valence electrons. The lowest BCUT2D eigenvalue weighted by molar-refractivity contribution is 0.0645. The Morgan fingerprint density at radius 2 is 1.96 bits per heavy atom. The van der Waals surface area contributed by atoms with Gasteiger partial charge in [0.2, 0.25) is 5.75 Å². The maximum atomic E-state index is 12.9. The van der Waals surface area contributed by atoms with Gasteiger partial charge in [0.1, 0.15) is 5.75 Å². The molecule has 1 fully saturated rings. The lowest BCUT2D eigenvalue weighted by atomic mass is 9.74. The number of carbonyl (C=O) groups excluding carboxylic acids is 1. The molecule has 1 amide bonds. The number of likely N-dealkylation sites (tertiary alicyclic amines) is 1. The van der Waals surface area contributed by atoms with Crippen LogP contribution in [0.1, 0.15) is 34.3 Å². The Kier molecular flexibility index (Phi) is 4.55. The molecule has 0 atom stereocenters.